The molecule has 4 nitrogen and oxygen atoms in total. The molecule has 0 saturated carbocycles. The van der Waals surface area contributed by atoms with Gasteiger partial charge < -0.3 is 14.4 Å². The van der Waals surface area contributed by atoms with E-state index in [9.17, 15) is 4.79 Å². The minimum atomic E-state index is 0.103. The van der Waals surface area contributed by atoms with Crippen LogP contribution in [-0.4, -0.2) is 44.7 Å². The number of hydrogen-bond acceptors (Lipinski definition) is 3. The van der Waals surface area contributed by atoms with Gasteiger partial charge in [0.05, 0.1) is 12.7 Å². The minimum absolute atomic E-state index is 0.103. The molecule has 1 aromatic carbocycles. The van der Waals surface area contributed by atoms with Crippen molar-refractivity contribution in [1.29, 1.82) is 0 Å². The number of nitrogens with zero attached hydrogens (tertiary/aromatic N) is 1. The number of ether oxygens (including phenoxy) is 2. The summed E-state index contributed by atoms with van der Waals surface area (Å²) >= 11 is 0. The Labute approximate surface area is 133 Å². The number of likely N-dealkylation sites (tertiary alicyclic amines) is 1. The van der Waals surface area contributed by atoms with Gasteiger partial charge in [-0.3, -0.25) is 4.79 Å². The van der Waals surface area contributed by atoms with Crippen LogP contribution in [0.3, 0.4) is 0 Å². The molecule has 0 aromatic heterocycles. The first kappa shape index (κ1) is 16.8. The number of aryl methyl sites for hydroxylation is 1. The standard InChI is InChI=1S/C18H27NO3/c1-14-7-4-10-16(22-3)17(14)18(20)19-11-5-8-15(13-19)9-6-12-21-2/h4,7,10,15H,5-6,8-9,11-13H2,1-3H3/t15-/m0/s1. The molecule has 2 rings (SSSR count). The SMILES string of the molecule is COCCC[C@@H]1CCCN(C(=O)c2c(C)cccc2OC)C1. The second-order valence-corrected chi connectivity index (χ2v) is 6.05. The van der Waals surface area contributed by atoms with Crippen molar-refractivity contribution in [1.82, 2.24) is 4.90 Å². The van der Waals surface area contributed by atoms with Crippen LogP contribution in [0.25, 0.3) is 0 Å². The Kier molecular flexibility index (Phi) is 6.25. The molecule has 1 aliphatic rings. The number of benzene rings is 1. The van der Waals surface area contributed by atoms with Crippen molar-refractivity contribution < 1.29 is 14.3 Å². The van der Waals surface area contributed by atoms with E-state index >= 15 is 0 Å². The zero-order chi connectivity index (χ0) is 15.9. The van der Waals surface area contributed by atoms with Crippen LogP contribution in [-0.2, 0) is 4.74 Å². The highest BCUT2D eigenvalue weighted by Gasteiger charge is 2.26. The maximum absolute atomic E-state index is 12.9. The van der Waals surface area contributed by atoms with Gasteiger partial charge in [0.25, 0.3) is 5.91 Å². The van der Waals surface area contributed by atoms with Gasteiger partial charge in [0, 0.05) is 26.8 Å². The molecule has 1 fully saturated rings. The molecular formula is C18H27NO3. The Hall–Kier alpha value is -1.55. The van der Waals surface area contributed by atoms with Gasteiger partial charge in [0.2, 0.25) is 0 Å². The zero-order valence-electron chi connectivity index (χ0n) is 13.9. The summed E-state index contributed by atoms with van der Waals surface area (Å²) in [4.78, 5) is 14.9. The summed E-state index contributed by atoms with van der Waals surface area (Å²) < 4.78 is 10.5. The van der Waals surface area contributed by atoms with Crippen LogP contribution in [0, 0.1) is 12.8 Å². The van der Waals surface area contributed by atoms with Crippen LogP contribution in [0.5, 0.6) is 5.75 Å². The summed E-state index contributed by atoms with van der Waals surface area (Å²) in [6.45, 7) is 4.46. The Balaban J connectivity index is 2.06. The largest absolute Gasteiger partial charge is 0.496 e. The van der Waals surface area contributed by atoms with E-state index in [-0.39, 0.29) is 5.91 Å². The average molecular weight is 305 g/mol. The van der Waals surface area contributed by atoms with Crippen LogP contribution in [0.4, 0.5) is 0 Å². The summed E-state index contributed by atoms with van der Waals surface area (Å²) in [6, 6.07) is 5.75. The van der Waals surface area contributed by atoms with Crippen molar-refractivity contribution in [2.24, 2.45) is 5.92 Å². The van der Waals surface area contributed by atoms with Crippen molar-refractivity contribution in [3.63, 3.8) is 0 Å². The van der Waals surface area contributed by atoms with Gasteiger partial charge in [-0.15, -0.1) is 0 Å². The highest BCUT2D eigenvalue weighted by molar-refractivity contribution is 5.98. The van der Waals surface area contributed by atoms with Crippen molar-refractivity contribution in [2.45, 2.75) is 32.6 Å². The first-order chi connectivity index (χ1) is 10.7. The monoisotopic (exact) mass is 305 g/mol. The summed E-state index contributed by atoms with van der Waals surface area (Å²) in [5.41, 5.74) is 1.69. The lowest BCUT2D eigenvalue weighted by Gasteiger charge is -2.33. The van der Waals surface area contributed by atoms with Crippen molar-refractivity contribution in [3.05, 3.63) is 29.3 Å². The van der Waals surface area contributed by atoms with E-state index in [1.54, 1.807) is 14.2 Å². The lowest BCUT2D eigenvalue weighted by molar-refractivity contribution is 0.0656. The lowest BCUT2D eigenvalue weighted by Crippen LogP contribution is -2.40. The molecular weight excluding hydrogens is 278 g/mol. The summed E-state index contributed by atoms with van der Waals surface area (Å²) in [6.07, 6.45) is 4.48. The quantitative estimate of drug-likeness (QED) is 0.757. The molecule has 1 atom stereocenters. The van der Waals surface area contributed by atoms with E-state index in [1.807, 2.05) is 30.0 Å². The van der Waals surface area contributed by atoms with E-state index < -0.39 is 0 Å². The molecule has 1 amide bonds. The van der Waals surface area contributed by atoms with Gasteiger partial charge in [-0.2, -0.15) is 0 Å². The fourth-order valence-corrected chi connectivity index (χ4v) is 3.24. The number of amides is 1. The van der Waals surface area contributed by atoms with E-state index in [4.69, 9.17) is 9.47 Å². The van der Waals surface area contributed by atoms with Crippen LogP contribution < -0.4 is 4.74 Å². The molecule has 122 valence electrons. The normalized spacial score (nSPS) is 18.3. The molecule has 0 N–H and O–H groups in total. The van der Waals surface area contributed by atoms with Gasteiger partial charge in [0.1, 0.15) is 5.75 Å². The van der Waals surface area contributed by atoms with Gasteiger partial charge in [-0.1, -0.05) is 12.1 Å². The van der Waals surface area contributed by atoms with E-state index in [1.165, 1.54) is 6.42 Å². The zero-order valence-corrected chi connectivity index (χ0v) is 13.9. The third-order valence-corrected chi connectivity index (χ3v) is 4.44. The Morgan fingerprint density at radius 2 is 2.18 bits per heavy atom. The number of carbonyl (C=O) groups is 1. The average Bonchev–Trinajstić information content (AvgIpc) is 2.54. The smallest absolute Gasteiger partial charge is 0.257 e. The molecule has 0 unspecified atom stereocenters. The predicted octanol–water partition coefficient (Wildman–Crippen LogP) is 3.28. The Morgan fingerprint density at radius 3 is 2.91 bits per heavy atom. The number of methoxy groups -OCH3 is 2. The fourth-order valence-electron chi connectivity index (χ4n) is 3.24. The lowest BCUT2D eigenvalue weighted by atomic mass is 9.92. The highest BCUT2D eigenvalue weighted by Crippen LogP contribution is 2.27. The summed E-state index contributed by atoms with van der Waals surface area (Å²) in [5, 5.41) is 0. The number of hydrogen-bond donors (Lipinski definition) is 0. The Bertz CT molecular complexity index is 501. The second-order valence-electron chi connectivity index (χ2n) is 6.05. The van der Waals surface area contributed by atoms with Crippen molar-refractivity contribution in [2.75, 3.05) is 33.9 Å². The third-order valence-electron chi connectivity index (χ3n) is 4.44. The van der Waals surface area contributed by atoms with Crippen LogP contribution in [0.2, 0.25) is 0 Å². The van der Waals surface area contributed by atoms with Crippen molar-refractivity contribution >= 4 is 5.91 Å². The molecule has 1 aliphatic heterocycles. The fraction of sp³-hybridized carbons (Fsp3) is 0.611. The number of piperidine rings is 1. The van der Waals surface area contributed by atoms with Gasteiger partial charge >= 0.3 is 0 Å². The number of rotatable bonds is 6. The maximum atomic E-state index is 12.9. The molecule has 1 aromatic rings. The molecule has 0 spiro atoms. The molecule has 1 saturated heterocycles. The summed E-state index contributed by atoms with van der Waals surface area (Å²) in [7, 11) is 3.36. The molecule has 4 heteroatoms. The predicted molar refractivity (Wildman–Crippen MR) is 87.5 cm³/mol. The van der Waals surface area contributed by atoms with E-state index in [0.29, 0.717) is 17.2 Å². The van der Waals surface area contributed by atoms with Crippen LogP contribution in [0.1, 0.15) is 41.6 Å². The highest BCUT2D eigenvalue weighted by atomic mass is 16.5. The van der Waals surface area contributed by atoms with Crippen LogP contribution in [0.15, 0.2) is 18.2 Å². The molecule has 0 bridgehead atoms. The molecule has 1 heterocycles. The minimum Gasteiger partial charge on any atom is -0.496 e. The van der Waals surface area contributed by atoms with E-state index in [2.05, 4.69) is 0 Å². The second kappa shape index (κ2) is 8.18. The summed E-state index contributed by atoms with van der Waals surface area (Å²) in [5.74, 6) is 1.36. The third kappa shape index (κ3) is 4.01. The topological polar surface area (TPSA) is 38.8 Å². The first-order valence-corrected chi connectivity index (χ1v) is 8.09. The van der Waals surface area contributed by atoms with Crippen LogP contribution >= 0.6 is 0 Å². The maximum Gasteiger partial charge on any atom is 0.257 e. The number of carbonyl (C=O) groups excluding carboxylic acids is 1. The molecule has 22 heavy (non-hydrogen) atoms. The van der Waals surface area contributed by atoms with E-state index in [0.717, 1.165) is 44.5 Å². The molecule has 0 radical (unpaired) electrons. The van der Waals surface area contributed by atoms with Gasteiger partial charge in [-0.05, 0) is 50.2 Å². The van der Waals surface area contributed by atoms with Gasteiger partial charge in [0.15, 0.2) is 0 Å². The Morgan fingerprint density at radius 1 is 1.36 bits per heavy atom. The van der Waals surface area contributed by atoms with Gasteiger partial charge in [-0.25, -0.2) is 0 Å². The molecule has 0 aliphatic carbocycles. The first-order valence-electron chi connectivity index (χ1n) is 8.09. The van der Waals surface area contributed by atoms with Crippen molar-refractivity contribution in [3.8, 4) is 5.75 Å².